The van der Waals surface area contributed by atoms with Crippen LogP contribution in [0.2, 0.25) is 0 Å². The van der Waals surface area contributed by atoms with Gasteiger partial charge in [-0.15, -0.1) is 0 Å². The maximum atomic E-state index is 10.7. The third-order valence-electron chi connectivity index (χ3n) is 1.59. The van der Waals surface area contributed by atoms with Gasteiger partial charge in [0.05, 0.1) is 0 Å². The first-order valence-electron chi connectivity index (χ1n) is 2.75. The summed E-state index contributed by atoms with van der Waals surface area (Å²) in [5, 5.41) is 0. The van der Waals surface area contributed by atoms with Gasteiger partial charge in [-0.25, -0.2) is 0 Å². The molecule has 0 bridgehead atoms. The Labute approximate surface area is 65.0 Å². The van der Waals surface area contributed by atoms with E-state index in [1.807, 2.05) is 0 Å². The molecule has 0 unspecified atom stereocenters. The third-order valence-corrected chi connectivity index (χ3v) is 6.51. The zero-order chi connectivity index (χ0) is 9.50. The topological polar surface area (TPSA) is 98.0 Å². The van der Waals surface area contributed by atoms with Crippen LogP contribution >= 0.6 is 14.9 Å². The van der Waals surface area contributed by atoms with Crippen molar-refractivity contribution in [2.24, 2.45) is 0 Å². The Bertz CT molecular complexity index is 209. The molecule has 0 rings (SSSR count). The third kappa shape index (κ3) is 2.15. The molecule has 0 spiro atoms. The van der Waals surface area contributed by atoms with Crippen LogP contribution in [-0.2, 0) is 4.57 Å². The molecule has 0 radical (unpaired) electrons. The molecule has 7 heteroatoms. The number of rotatable bonds is 2. The predicted octanol–water partition coefficient (Wildman–Crippen LogP) is 0.164. The minimum Gasteiger partial charge on any atom is -0.353 e. The van der Waals surface area contributed by atoms with Crippen molar-refractivity contribution in [1.82, 2.24) is 0 Å². The highest BCUT2D eigenvalue weighted by Crippen LogP contribution is 2.68. The SMILES string of the molecule is C=P(O)(O)C(C)(C)P(=O)(O)O. The van der Waals surface area contributed by atoms with Gasteiger partial charge in [0, 0.05) is 0 Å². The monoisotopic (exact) mass is 202 g/mol. The van der Waals surface area contributed by atoms with Crippen LogP contribution < -0.4 is 0 Å². The fourth-order valence-corrected chi connectivity index (χ4v) is 1.88. The normalized spacial score (nSPS) is 15.1. The average Bonchev–Trinajstić information content (AvgIpc) is 1.58. The van der Waals surface area contributed by atoms with Crippen LogP contribution in [0.4, 0.5) is 0 Å². The van der Waals surface area contributed by atoms with E-state index in [1.165, 1.54) is 0 Å². The first-order valence-corrected chi connectivity index (χ1v) is 6.24. The van der Waals surface area contributed by atoms with Crippen molar-refractivity contribution in [2.75, 3.05) is 0 Å². The molecule has 0 saturated heterocycles. The summed E-state index contributed by atoms with van der Waals surface area (Å²) in [7, 11) is -8.26. The van der Waals surface area contributed by atoms with Crippen LogP contribution in [0.15, 0.2) is 0 Å². The van der Waals surface area contributed by atoms with Gasteiger partial charge in [-0.2, -0.15) is 0 Å². The largest absolute Gasteiger partial charge is 0.353 e. The molecule has 11 heavy (non-hydrogen) atoms. The maximum Gasteiger partial charge on any atom is 0.339 e. The standard InChI is InChI=1S/C4H12O5P2/c1-4(2,10(3,5)6)11(7,8)9/h5-6H,3H2,1-2H3,(H2,7,8,9). The molecule has 0 aromatic rings. The lowest BCUT2D eigenvalue weighted by Gasteiger charge is -2.31. The van der Waals surface area contributed by atoms with Crippen molar-refractivity contribution in [1.29, 1.82) is 0 Å². The quantitative estimate of drug-likeness (QED) is 0.478. The lowest BCUT2D eigenvalue weighted by atomic mass is 10.5. The second-order valence-corrected chi connectivity index (χ2v) is 7.91. The number of hydrogen-bond donors (Lipinski definition) is 4. The lowest BCUT2D eigenvalue weighted by Crippen LogP contribution is -2.20. The van der Waals surface area contributed by atoms with Crippen LogP contribution in [0.1, 0.15) is 13.8 Å². The van der Waals surface area contributed by atoms with Gasteiger partial charge in [0.15, 0.2) is 0 Å². The minimum atomic E-state index is -4.50. The Kier molecular flexibility index (Phi) is 2.79. The van der Waals surface area contributed by atoms with Gasteiger partial charge < -0.3 is 19.6 Å². The Hall–Kier alpha value is 0.370. The number of hydrogen-bond acceptors (Lipinski definition) is 3. The van der Waals surface area contributed by atoms with Gasteiger partial charge in [-0.05, 0) is 13.8 Å². The fourth-order valence-electron chi connectivity index (χ4n) is 0.209. The van der Waals surface area contributed by atoms with Gasteiger partial charge in [0.1, 0.15) is 12.2 Å². The second-order valence-electron chi connectivity index (χ2n) is 2.77. The molecule has 0 aliphatic rings. The molecule has 4 N–H and O–H groups in total. The van der Waals surface area contributed by atoms with Crippen molar-refractivity contribution in [3.63, 3.8) is 0 Å². The summed E-state index contributed by atoms with van der Waals surface area (Å²) in [5.41, 5.74) is 0. The summed E-state index contributed by atoms with van der Waals surface area (Å²) in [5.74, 6) is 0. The molecule has 68 valence electrons. The Balaban J connectivity index is 5.08. The van der Waals surface area contributed by atoms with E-state index in [0.29, 0.717) is 0 Å². The van der Waals surface area contributed by atoms with E-state index in [0.717, 1.165) is 13.8 Å². The highest BCUT2D eigenvalue weighted by molar-refractivity contribution is 7.77. The molecule has 0 aliphatic carbocycles. The molecule has 0 aromatic carbocycles. The Morgan fingerprint density at radius 3 is 1.45 bits per heavy atom. The van der Waals surface area contributed by atoms with E-state index in [4.69, 9.17) is 19.6 Å². The second kappa shape index (κ2) is 2.70. The Morgan fingerprint density at radius 2 is 1.45 bits per heavy atom. The highest BCUT2D eigenvalue weighted by Gasteiger charge is 2.46. The average molecular weight is 202 g/mol. The van der Waals surface area contributed by atoms with Crippen molar-refractivity contribution >= 4 is 21.2 Å². The predicted molar refractivity (Wildman–Crippen MR) is 44.6 cm³/mol. The van der Waals surface area contributed by atoms with Gasteiger partial charge in [-0.3, -0.25) is 4.57 Å². The summed E-state index contributed by atoms with van der Waals surface area (Å²) in [6.45, 7) is 2.16. The molecule has 0 fully saturated rings. The molecular weight excluding hydrogens is 190 g/mol. The first-order chi connectivity index (χ1) is 4.50. The molecule has 0 atom stereocenters. The molecule has 0 heterocycles. The van der Waals surface area contributed by atoms with E-state index in [1.54, 1.807) is 0 Å². The summed E-state index contributed by atoms with van der Waals surface area (Å²) in [6.07, 6.45) is 2.94. The smallest absolute Gasteiger partial charge is 0.339 e. The lowest BCUT2D eigenvalue weighted by molar-refractivity contribution is 0.345. The van der Waals surface area contributed by atoms with Gasteiger partial charge in [0.2, 0.25) is 0 Å². The minimum absolute atomic E-state index is 1.08. The van der Waals surface area contributed by atoms with Crippen LogP contribution in [0, 0.1) is 0 Å². The maximum absolute atomic E-state index is 10.7. The van der Waals surface area contributed by atoms with Gasteiger partial charge >= 0.3 is 7.60 Å². The van der Waals surface area contributed by atoms with Crippen molar-refractivity contribution in [3.05, 3.63) is 0 Å². The first kappa shape index (κ1) is 11.4. The van der Waals surface area contributed by atoms with E-state index in [-0.39, 0.29) is 0 Å². The molecule has 0 saturated carbocycles. The zero-order valence-corrected chi connectivity index (χ0v) is 8.09. The van der Waals surface area contributed by atoms with Crippen LogP contribution in [0.3, 0.4) is 0 Å². The van der Waals surface area contributed by atoms with Crippen LogP contribution in [-0.4, -0.2) is 30.8 Å². The summed E-state index contributed by atoms with van der Waals surface area (Å²) >= 11 is 0. The fraction of sp³-hybridized carbons (Fsp3) is 0.750. The molecule has 5 nitrogen and oxygen atoms in total. The van der Waals surface area contributed by atoms with E-state index in [2.05, 4.69) is 6.30 Å². The molecular formula is C4H12O5P2. The van der Waals surface area contributed by atoms with E-state index in [9.17, 15) is 4.57 Å². The van der Waals surface area contributed by atoms with Gasteiger partial charge in [-0.1, -0.05) is 6.30 Å². The molecule has 0 amide bonds. The summed E-state index contributed by atoms with van der Waals surface area (Å²) < 4.78 is 10.7. The summed E-state index contributed by atoms with van der Waals surface area (Å²) in [6, 6.07) is 0. The molecule has 0 aliphatic heterocycles. The van der Waals surface area contributed by atoms with Crippen LogP contribution in [0.25, 0.3) is 0 Å². The van der Waals surface area contributed by atoms with E-state index >= 15 is 0 Å². The molecule has 0 aromatic heterocycles. The van der Waals surface area contributed by atoms with Crippen LogP contribution in [0.5, 0.6) is 0 Å². The zero-order valence-electron chi connectivity index (χ0n) is 6.30. The Morgan fingerprint density at radius 1 is 1.18 bits per heavy atom. The highest BCUT2D eigenvalue weighted by atomic mass is 31.2. The van der Waals surface area contributed by atoms with E-state index < -0.39 is 19.8 Å². The van der Waals surface area contributed by atoms with Crippen molar-refractivity contribution in [3.8, 4) is 0 Å². The summed E-state index contributed by atoms with van der Waals surface area (Å²) in [4.78, 5) is 33.4. The van der Waals surface area contributed by atoms with Gasteiger partial charge in [0.25, 0.3) is 0 Å². The van der Waals surface area contributed by atoms with Crippen molar-refractivity contribution in [2.45, 2.75) is 18.7 Å². The van der Waals surface area contributed by atoms with Crippen molar-refractivity contribution < 1.29 is 24.1 Å².